The van der Waals surface area contributed by atoms with Crippen LogP contribution < -0.4 is 10.1 Å². The zero-order valence-electron chi connectivity index (χ0n) is 13.9. The molecule has 1 aliphatic rings. The van der Waals surface area contributed by atoms with E-state index in [0.717, 1.165) is 17.4 Å². The first-order valence-electron chi connectivity index (χ1n) is 8.04. The first-order valence-corrected chi connectivity index (χ1v) is 8.86. The third-order valence-corrected chi connectivity index (χ3v) is 4.94. The quantitative estimate of drug-likeness (QED) is 0.665. The molecule has 3 aromatic rings. The number of fused-ring (bicyclic) bond motifs is 2. The Hall–Kier alpha value is -3.14. The summed E-state index contributed by atoms with van der Waals surface area (Å²) in [5.74, 6) is -1.52. The number of aromatic nitrogens is 1. The second kappa shape index (κ2) is 6.79. The van der Waals surface area contributed by atoms with Crippen LogP contribution in [0.2, 0.25) is 0 Å². The highest BCUT2D eigenvalue weighted by molar-refractivity contribution is 7.22. The van der Waals surface area contributed by atoms with Crippen molar-refractivity contribution in [3.8, 4) is 5.75 Å². The zero-order valence-corrected chi connectivity index (χ0v) is 14.8. The third-order valence-electron chi connectivity index (χ3n) is 4.01. The molecule has 0 aliphatic carbocycles. The van der Waals surface area contributed by atoms with Crippen LogP contribution in [0.5, 0.6) is 5.75 Å². The Morgan fingerprint density at radius 3 is 2.82 bits per heavy atom. The number of halogens is 3. The molecule has 1 unspecified atom stereocenters. The number of thiazole rings is 1. The van der Waals surface area contributed by atoms with Crippen molar-refractivity contribution >= 4 is 38.6 Å². The second-order valence-corrected chi connectivity index (χ2v) is 6.97. The van der Waals surface area contributed by atoms with Crippen molar-refractivity contribution in [1.82, 2.24) is 4.98 Å². The van der Waals surface area contributed by atoms with Crippen LogP contribution >= 0.6 is 11.3 Å². The molecule has 1 amide bonds. The summed E-state index contributed by atoms with van der Waals surface area (Å²) in [6.07, 6.45) is -5.59. The number of hydrogen-bond acceptors (Lipinski definition) is 6. The molecule has 144 valence electrons. The van der Waals surface area contributed by atoms with Crippen LogP contribution in [0.1, 0.15) is 15.9 Å². The number of ether oxygens (including phenoxy) is 2. The van der Waals surface area contributed by atoms with E-state index < -0.39 is 24.3 Å². The summed E-state index contributed by atoms with van der Waals surface area (Å²) in [7, 11) is 0. The topological polar surface area (TPSA) is 77.5 Å². The van der Waals surface area contributed by atoms with Gasteiger partial charge < -0.3 is 9.47 Å². The molecule has 2 aromatic carbocycles. The SMILES string of the molecule is O=C1OC(C(=O)Nc2nc3ccc(OC(F)(F)F)cc3s2)Cc2ccccc21. The molecule has 6 nitrogen and oxygen atoms in total. The van der Waals surface area contributed by atoms with Crippen molar-refractivity contribution < 1.29 is 32.2 Å². The standard InChI is InChI=1S/C18H11F3N2O4S/c19-18(20,21)27-10-5-6-12-14(8-10)28-17(22-12)23-15(24)13-7-9-3-1-2-4-11(9)16(25)26-13/h1-6,8,13H,7H2,(H,22,23,24). The van der Waals surface area contributed by atoms with Gasteiger partial charge in [0.1, 0.15) is 5.75 Å². The van der Waals surface area contributed by atoms with E-state index in [2.05, 4.69) is 15.0 Å². The lowest BCUT2D eigenvalue weighted by Gasteiger charge is -2.23. The number of carbonyl (C=O) groups excluding carboxylic acids is 2. The summed E-state index contributed by atoms with van der Waals surface area (Å²) in [6, 6.07) is 10.5. The number of rotatable bonds is 3. The van der Waals surface area contributed by atoms with Crippen LogP contribution in [-0.4, -0.2) is 29.3 Å². The van der Waals surface area contributed by atoms with Gasteiger partial charge in [-0.25, -0.2) is 9.78 Å². The average molecular weight is 408 g/mol. The number of carbonyl (C=O) groups is 2. The van der Waals surface area contributed by atoms with Gasteiger partial charge in [-0.3, -0.25) is 10.1 Å². The maximum Gasteiger partial charge on any atom is 0.573 e. The summed E-state index contributed by atoms with van der Waals surface area (Å²) < 4.78 is 46.4. The van der Waals surface area contributed by atoms with E-state index in [4.69, 9.17) is 4.74 Å². The van der Waals surface area contributed by atoms with E-state index in [1.807, 2.05) is 0 Å². The Morgan fingerprint density at radius 1 is 1.25 bits per heavy atom. The van der Waals surface area contributed by atoms with Gasteiger partial charge in [-0.2, -0.15) is 0 Å². The van der Waals surface area contributed by atoms with Crippen molar-refractivity contribution in [1.29, 1.82) is 0 Å². The van der Waals surface area contributed by atoms with Crippen molar-refractivity contribution in [3.63, 3.8) is 0 Å². The molecule has 0 bridgehead atoms. The largest absolute Gasteiger partial charge is 0.573 e. The van der Waals surface area contributed by atoms with Gasteiger partial charge in [0.2, 0.25) is 0 Å². The van der Waals surface area contributed by atoms with Gasteiger partial charge in [0.25, 0.3) is 5.91 Å². The number of benzene rings is 2. The lowest BCUT2D eigenvalue weighted by atomic mass is 9.98. The number of alkyl halides is 3. The van der Waals surface area contributed by atoms with Crippen molar-refractivity contribution in [2.75, 3.05) is 5.32 Å². The van der Waals surface area contributed by atoms with Gasteiger partial charge in [-0.05, 0) is 23.8 Å². The molecule has 0 fully saturated rings. The van der Waals surface area contributed by atoms with E-state index in [9.17, 15) is 22.8 Å². The van der Waals surface area contributed by atoms with Gasteiger partial charge >= 0.3 is 12.3 Å². The van der Waals surface area contributed by atoms with Gasteiger partial charge in [-0.15, -0.1) is 13.2 Å². The molecule has 28 heavy (non-hydrogen) atoms. The van der Waals surface area contributed by atoms with Crippen LogP contribution in [0.4, 0.5) is 18.3 Å². The molecule has 1 aliphatic heterocycles. The Balaban J connectivity index is 1.50. The fourth-order valence-electron chi connectivity index (χ4n) is 2.82. The van der Waals surface area contributed by atoms with Crippen molar-refractivity contribution in [3.05, 3.63) is 53.6 Å². The highest BCUT2D eigenvalue weighted by Gasteiger charge is 2.32. The number of nitrogens with one attached hydrogen (secondary N) is 1. The van der Waals surface area contributed by atoms with E-state index in [1.54, 1.807) is 24.3 Å². The molecule has 4 rings (SSSR count). The molecule has 0 saturated heterocycles. The lowest BCUT2D eigenvalue weighted by Crippen LogP contribution is -2.37. The molecular weight excluding hydrogens is 397 g/mol. The normalized spacial score (nSPS) is 16.4. The number of amides is 1. The Labute approximate surface area is 159 Å². The maximum atomic E-state index is 12.5. The number of hydrogen-bond donors (Lipinski definition) is 1. The van der Waals surface area contributed by atoms with Crippen LogP contribution in [0.3, 0.4) is 0 Å². The van der Waals surface area contributed by atoms with Crippen LogP contribution in [-0.2, 0) is 16.0 Å². The summed E-state index contributed by atoms with van der Waals surface area (Å²) in [4.78, 5) is 28.6. The van der Waals surface area contributed by atoms with Gasteiger partial charge in [0.15, 0.2) is 11.2 Å². The maximum absolute atomic E-state index is 12.5. The highest BCUT2D eigenvalue weighted by atomic mass is 32.1. The van der Waals surface area contributed by atoms with Crippen LogP contribution in [0.15, 0.2) is 42.5 Å². The monoisotopic (exact) mass is 408 g/mol. The minimum Gasteiger partial charge on any atom is -0.448 e. The number of anilines is 1. The molecule has 0 spiro atoms. The fourth-order valence-corrected chi connectivity index (χ4v) is 3.72. The molecule has 1 N–H and O–H groups in total. The smallest absolute Gasteiger partial charge is 0.448 e. The Bertz CT molecular complexity index is 1080. The summed E-state index contributed by atoms with van der Waals surface area (Å²) >= 11 is 0.985. The first-order chi connectivity index (χ1) is 13.3. The van der Waals surface area contributed by atoms with Gasteiger partial charge in [-0.1, -0.05) is 29.5 Å². The zero-order chi connectivity index (χ0) is 19.9. The number of esters is 1. The first kappa shape index (κ1) is 18.2. The molecule has 0 saturated carbocycles. The summed E-state index contributed by atoms with van der Waals surface area (Å²) in [5, 5.41) is 2.73. The number of cyclic esters (lactones) is 1. The molecule has 1 atom stereocenters. The van der Waals surface area contributed by atoms with Crippen LogP contribution in [0.25, 0.3) is 10.2 Å². The molecule has 10 heteroatoms. The predicted octanol–water partition coefficient (Wildman–Crippen LogP) is 3.92. The lowest BCUT2D eigenvalue weighted by molar-refractivity contribution is -0.274. The number of nitrogens with zero attached hydrogens (tertiary/aromatic N) is 1. The van der Waals surface area contributed by atoms with E-state index in [-0.39, 0.29) is 17.3 Å². The average Bonchev–Trinajstić information content (AvgIpc) is 3.01. The molecule has 1 aromatic heterocycles. The Kier molecular flexibility index (Phi) is 4.42. The highest BCUT2D eigenvalue weighted by Crippen LogP contribution is 2.32. The second-order valence-electron chi connectivity index (χ2n) is 5.94. The summed E-state index contributed by atoms with van der Waals surface area (Å²) in [6.45, 7) is 0. The van der Waals surface area contributed by atoms with E-state index >= 15 is 0 Å². The van der Waals surface area contributed by atoms with Crippen molar-refractivity contribution in [2.24, 2.45) is 0 Å². The summed E-state index contributed by atoms with van der Waals surface area (Å²) in [5.41, 5.74) is 1.53. The van der Waals surface area contributed by atoms with Gasteiger partial charge in [0, 0.05) is 12.5 Å². The minimum atomic E-state index is -4.80. The molecule has 0 radical (unpaired) electrons. The fraction of sp³-hybridized carbons (Fsp3) is 0.167. The van der Waals surface area contributed by atoms with Gasteiger partial charge in [0.05, 0.1) is 15.8 Å². The predicted molar refractivity (Wildman–Crippen MR) is 94.3 cm³/mol. The van der Waals surface area contributed by atoms with E-state index in [1.165, 1.54) is 12.1 Å². The Morgan fingerprint density at radius 2 is 2.04 bits per heavy atom. The molecular formula is C18H11F3N2O4S. The minimum absolute atomic E-state index is 0.180. The van der Waals surface area contributed by atoms with Crippen molar-refractivity contribution in [2.45, 2.75) is 18.9 Å². The van der Waals surface area contributed by atoms with E-state index in [0.29, 0.717) is 21.3 Å². The van der Waals surface area contributed by atoms with Crippen LogP contribution in [0, 0.1) is 0 Å². The third kappa shape index (κ3) is 3.77. The molecule has 2 heterocycles.